The summed E-state index contributed by atoms with van der Waals surface area (Å²) < 4.78 is 27.7. The number of halogens is 2. The Morgan fingerprint density at radius 3 is 2.76 bits per heavy atom. The van der Waals surface area contributed by atoms with Crippen LogP contribution >= 0.6 is 22.7 Å². The normalized spacial score (nSPS) is 22.6. The Labute approximate surface area is 152 Å². The van der Waals surface area contributed by atoms with Crippen LogP contribution in [0.1, 0.15) is 23.4 Å². The van der Waals surface area contributed by atoms with E-state index in [0.717, 1.165) is 9.88 Å². The van der Waals surface area contributed by atoms with Gasteiger partial charge in [0.25, 0.3) is 0 Å². The van der Waals surface area contributed by atoms with Crippen molar-refractivity contribution < 1.29 is 8.78 Å². The minimum atomic E-state index is -0.915. The van der Waals surface area contributed by atoms with Crippen molar-refractivity contribution in [1.29, 1.82) is 0 Å². The van der Waals surface area contributed by atoms with E-state index in [-0.39, 0.29) is 18.7 Å². The number of hydrogen-bond donors (Lipinski definition) is 1. The van der Waals surface area contributed by atoms with Gasteiger partial charge >= 0.3 is 0 Å². The van der Waals surface area contributed by atoms with E-state index in [1.54, 1.807) is 23.6 Å². The zero-order valence-electron chi connectivity index (χ0n) is 13.5. The number of alkyl halides is 1. The number of rotatable bonds is 5. The summed E-state index contributed by atoms with van der Waals surface area (Å²) in [6.45, 7) is 2.43. The van der Waals surface area contributed by atoms with Crippen LogP contribution in [-0.4, -0.2) is 27.9 Å². The molecule has 3 aromatic heterocycles. The SMILES string of the molecule is Cc1ccc(-c2nnc(NC[C@]3(c4ncccc4F)C[C@H](F)C3)s2)s1. The predicted molar refractivity (Wildman–Crippen MR) is 96.5 cm³/mol. The topological polar surface area (TPSA) is 50.7 Å². The molecular formula is C17H16F2N4S2. The number of thiophene rings is 1. The molecule has 0 bridgehead atoms. The number of pyridine rings is 1. The molecule has 130 valence electrons. The van der Waals surface area contributed by atoms with Crippen LogP contribution in [0.5, 0.6) is 0 Å². The maximum Gasteiger partial charge on any atom is 0.206 e. The Balaban J connectivity index is 1.51. The first kappa shape index (κ1) is 16.5. The highest BCUT2D eigenvalue weighted by Crippen LogP contribution is 2.46. The highest BCUT2D eigenvalue weighted by atomic mass is 32.1. The first-order valence-electron chi connectivity index (χ1n) is 7.95. The van der Waals surface area contributed by atoms with Gasteiger partial charge in [-0.3, -0.25) is 4.98 Å². The molecule has 3 aromatic rings. The van der Waals surface area contributed by atoms with E-state index in [4.69, 9.17) is 0 Å². The van der Waals surface area contributed by atoms with Crippen LogP contribution in [-0.2, 0) is 5.41 Å². The number of hydrogen-bond acceptors (Lipinski definition) is 6. The van der Waals surface area contributed by atoms with E-state index in [0.29, 0.717) is 17.4 Å². The van der Waals surface area contributed by atoms with E-state index in [1.165, 1.54) is 22.3 Å². The average Bonchev–Trinajstić information content (AvgIpc) is 3.20. The highest BCUT2D eigenvalue weighted by Gasteiger charge is 2.48. The smallest absolute Gasteiger partial charge is 0.206 e. The third-order valence-corrected chi connectivity index (χ3v) is 6.49. The van der Waals surface area contributed by atoms with Gasteiger partial charge in [0, 0.05) is 23.0 Å². The summed E-state index contributed by atoms with van der Waals surface area (Å²) in [5.41, 5.74) is -0.300. The van der Waals surface area contributed by atoms with Gasteiger partial charge in [-0.2, -0.15) is 0 Å². The van der Waals surface area contributed by atoms with Gasteiger partial charge in [0.1, 0.15) is 12.0 Å². The molecule has 0 aliphatic heterocycles. The second-order valence-corrected chi connectivity index (χ2v) is 8.56. The van der Waals surface area contributed by atoms with E-state index in [1.807, 2.05) is 19.1 Å². The van der Waals surface area contributed by atoms with Crippen molar-refractivity contribution in [2.45, 2.75) is 31.4 Å². The van der Waals surface area contributed by atoms with Crippen molar-refractivity contribution >= 4 is 27.8 Å². The van der Waals surface area contributed by atoms with Crippen molar-refractivity contribution in [2.75, 3.05) is 11.9 Å². The summed E-state index contributed by atoms with van der Waals surface area (Å²) in [5, 5.41) is 13.1. The Morgan fingerprint density at radius 1 is 1.24 bits per heavy atom. The number of aryl methyl sites for hydroxylation is 1. The fourth-order valence-electron chi connectivity index (χ4n) is 3.17. The van der Waals surface area contributed by atoms with Gasteiger partial charge in [-0.05, 0) is 44.0 Å². The summed E-state index contributed by atoms with van der Waals surface area (Å²) in [7, 11) is 0. The number of nitrogens with zero attached hydrogens (tertiary/aromatic N) is 3. The molecule has 1 N–H and O–H groups in total. The molecule has 1 aliphatic carbocycles. The Morgan fingerprint density at radius 2 is 2.08 bits per heavy atom. The average molecular weight is 378 g/mol. The van der Waals surface area contributed by atoms with Crippen LogP contribution in [0.3, 0.4) is 0 Å². The molecule has 0 amide bonds. The van der Waals surface area contributed by atoms with E-state index in [2.05, 4.69) is 20.5 Å². The van der Waals surface area contributed by atoms with Crippen LogP contribution in [0.25, 0.3) is 9.88 Å². The van der Waals surface area contributed by atoms with Crippen molar-refractivity contribution in [3.8, 4) is 9.88 Å². The third kappa shape index (κ3) is 3.16. The third-order valence-electron chi connectivity index (χ3n) is 4.44. The number of aromatic nitrogens is 3. The zero-order chi connectivity index (χ0) is 17.4. The lowest BCUT2D eigenvalue weighted by molar-refractivity contribution is 0.0965. The molecule has 1 fully saturated rings. The molecule has 0 radical (unpaired) electrons. The summed E-state index contributed by atoms with van der Waals surface area (Å²) in [4.78, 5) is 6.45. The van der Waals surface area contributed by atoms with Crippen molar-refractivity contribution in [3.05, 3.63) is 46.9 Å². The van der Waals surface area contributed by atoms with Crippen LogP contribution in [0.2, 0.25) is 0 Å². The molecular weight excluding hydrogens is 362 g/mol. The van der Waals surface area contributed by atoms with Gasteiger partial charge in [0.05, 0.1) is 10.6 Å². The molecule has 25 heavy (non-hydrogen) atoms. The molecule has 1 aliphatic rings. The maximum atomic E-state index is 14.1. The number of anilines is 1. The minimum absolute atomic E-state index is 0.268. The van der Waals surface area contributed by atoms with Crippen LogP contribution in [0, 0.1) is 12.7 Å². The Hall–Kier alpha value is -1.93. The first-order valence-corrected chi connectivity index (χ1v) is 9.58. The van der Waals surface area contributed by atoms with E-state index in [9.17, 15) is 8.78 Å². The molecule has 0 atom stereocenters. The van der Waals surface area contributed by atoms with Gasteiger partial charge in [-0.15, -0.1) is 21.5 Å². The molecule has 0 spiro atoms. The quantitative estimate of drug-likeness (QED) is 0.705. The summed E-state index contributed by atoms with van der Waals surface area (Å²) in [6, 6.07) is 6.99. The van der Waals surface area contributed by atoms with Crippen molar-refractivity contribution in [3.63, 3.8) is 0 Å². The molecule has 1 saturated carbocycles. The van der Waals surface area contributed by atoms with Gasteiger partial charge in [-0.1, -0.05) is 11.3 Å². The van der Waals surface area contributed by atoms with E-state index >= 15 is 0 Å². The highest BCUT2D eigenvalue weighted by molar-refractivity contribution is 7.23. The van der Waals surface area contributed by atoms with Crippen molar-refractivity contribution in [2.24, 2.45) is 0 Å². The summed E-state index contributed by atoms with van der Waals surface area (Å²) in [6.07, 6.45) is 1.17. The van der Waals surface area contributed by atoms with Crippen LogP contribution in [0.15, 0.2) is 30.5 Å². The first-order chi connectivity index (χ1) is 12.1. The fourth-order valence-corrected chi connectivity index (χ4v) is 4.83. The Kier molecular flexibility index (Phi) is 4.24. The lowest BCUT2D eigenvalue weighted by Crippen LogP contribution is -2.48. The summed E-state index contributed by atoms with van der Waals surface area (Å²) in [5.74, 6) is -0.386. The second-order valence-electron chi connectivity index (χ2n) is 6.30. The largest absolute Gasteiger partial charge is 0.359 e. The molecule has 0 aromatic carbocycles. The predicted octanol–water partition coefficient (Wildman–Crippen LogP) is 4.59. The molecule has 4 rings (SSSR count). The fraction of sp³-hybridized carbons (Fsp3) is 0.353. The molecule has 4 nitrogen and oxygen atoms in total. The van der Waals surface area contributed by atoms with Gasteiger partial charge < -0.3 is 5.32 Å². The maximum absolute atomic E-state index is 14.1. The van der Waals surface area contributed by atoms with Crippen LogP contribution < -0.4 is 5.32 Å². The molecule has 0 saturated heterocycles. The molecule has 8 heteroatoms. The van der Waals surface area contributed by atoms with Crippen molar-refractivity contribution in [1.82, 2.24) is 15.2 Å². The lowest BCUT2D eigenvalue weighted by Gasteiger charge is -2.43. The zero-order valence-corrected chi connectivity index (χ0v) is 15.1. The lowest BCUT2D eigenvalue weighted by atomic mass is 9.65. The molecule has 0 unspecified atom stereocenters. The Bertz CT molecular complexity index is 886. The van der Waals surface area contributed by atoms with Gasteiger partial charge in [0.2, 0.25) is 5.13 Å². The van der Waals surface area contributed by atoms with Gasteiger partial charge in [0.15, 0.2) is 5.01 Å². The van der Waals surface area contributed by atoms with E-state index < -0.39 is 11.6 Å². The van der Waals surface area contributed by atoms with Gasteiger partial charge in [-0.25, -0.2) is 8.78 Å². The monoisotopic (exact) mass is 378 g/mol. The molecule has 3 heterocycles. The van der Waals surface area contributed by atoms with Crippen LogP contribution in [0.4, 0.5) is 13.9 Å². The minimum Gasteiger partial charge on any atom is -0.359 e. The second kappa shape index (κ2) is 6.42. The number of nitrogens with one attached hydrogen (secondary N) is 1. The standard InChI is InChI=1S/C17H16F2N4S2/c1-10-4-5-13(24-10)15-22-23-16(25-15)21-9-17(7-11(18)8-17)14-12(19)3-2-6-20-14/h2-6,11H,7-9H2,1H3,(H,21,23)/t11-,17-. The summed E-state index contributed by atoms with van der Waals surface area (Å²) >= 11 is 3.11.